The van der Waals surface area contributed by atoms with Gasteiger partial charge < -0.3 is 9.13 Å². The highest BCUT2D eigenvalue weighted by Gasteiger charge is 2.41. The van der Waals surface area contributed by atoms with Gasteiger partial charge in [0, 0.05) is 99.9 Å². The maximum Gasteiger partial charge on any atom is 0.420 e. The number of benzene rings is 14. The summed E-state index contributed by atoms with van der Waals surface area (Å²) < 4.78 is 92.1. The molecule has 0 unspecified atom stereocenters. The van der Waals surface area contributed by atoms with E-state index in [1.54, 1.807) is 28.8 Å². The molecule has 14 nitrogen and oxygen atoms in total. The Morgan fingerprint density at radius 1 is 0.198 bits per heavy atom. The van der Waals surface area contributed by atoms with Crippen LogP contribution >= 0.6 is 0 Å². The minimum atomic E-state index is -5.34. The number of nitrogens with zero attached hydrogens (tertiary/aromatic N) is 14. The molecule has 6 aromatic heterocycles. The van der Waals surface area contributed by atoms with Gasteiger partial charge in [-0.1, -0.05) is 297 Å². The lowest BCUT2D eigenvalue weighted by Gasteiger charge is -2.25. The van der Waals surface area contributed by atoms with Crippen molar-refractivity contribution >= 4 is 43.6 Å². The molecule has 0 amide bonds. The minimum absolute atomic E-state index is 0.189. The lowest BCUT2D eigenvalue weighted by atomic mass is 9.96. The Morgan fingerprint density at radius 2 is 0.414 bits per heavy atom. The normalized spacial score (nSPS) is 11.7. The Kier molecular flexibility index (Phi) is 17.3. The molecule has 0 saturated heterocycles. The maximum absolute atomic E-state index is 18.7. The first-order valence-electron chi connectivity index (χ1n) is 37.3. The van der Waals surface area contributed by atoms with E-state index in [1.807, 2.05) is 291 Å². The Hall–Kier alpha value is -15.6. The SMILES string of the molecule is Fc1cc(F)cc(-c2ccc(-n3c4cc(-c5nc(-c6ccccc6)nc(-c6ccccc6)n5)ccc4c4ccc(-c5nc(-c6ccccc6)nc(-c6ccccc6)n5)cc43)c(C(F)(F)F)c2-n2c3cc(-c4nc(-c5ccccc5)nc(-c5ccccc5)n4)ccc3c3ccc(-c4nc(-c5ccccc5)nc(-c5ccccc5)n4)cc32)c1. The topological polar surface area (TPSA) is 165 Å². The molecule has 0 saturated carbocycles. The summed E-state index contributed by atoms with van der Waals surface area (Å²) in [4.78, 5) is 60.9. The molecule has 0 aliphatic rings. The van der Waals surface area contributed by atoms with Crippen LogP contribution in [-0.4, -0.2) is 68.9 Å². The minimum Gasteiger partial charge on any atom is -0.309 e. The fourth-order valence-electron chi connectivity index (χ4n) is 15.1. The van der Waals surface area contributed by atoms with Gasteiger partial charge in [0.2, 0.25) is 0 Å². The van der Waals surface area contributed by atoms with Crippen molar-refractivity contribution in [3.05, 3.63) is 363 Å². The van der Waals surface area contributed by atoms with Gasteiger partial charge in [-0.3, -0.25) is 0 Å². The monoisotopic (exact) mass is 1510 g/mol. The number of hydrogen-bond acceptors (Lipinski definition) is 12. The first kappa shape index (κ1) is 69.6. The summed E-state index contributed by atoms with van der Waals surface area (Å²) >= 11 is 0. The lowest BCUT2D eigenvalue weighted by Crippen LogP contribution is -2.17. The smallest absolute Gasteiger partial charge is 0.309 e. The van der Waals surface area contributed by atoms with Crippen molar-refractivity contribution in [1.29, 1.82) is 0 Å². The van der Waals surface area contributed by atoms with Crippen molar-refractivity contribution in [2.45, 2.75) is 6.18 Å². The van der Waals surface area contributed by atoms with Crippen LogP contribution in [0.2, 0.25) is 0 Å². The highest BCUT2D eigenvalue weighted by Crippen LogP contribution is 2.50. The second-order valence-corrected chi connectivity index (χ2v) is 27.8. The summed E-state index contributed by atoms with van der Waals surface area (Å²) in [6.07, 6.45) is -5.34. The van der Waals surface area contributed by atoms with E-state index in [0.717, 1.165) is 12.1 Å². The lowest BCUT2D eigenvalue weighted by molar-refractivity contribution is -0.137. The Bertz CT molecular complexity index is 6570. The number of hydrogen-bond donors (Lipinski definition) is 0. The van der Waals surface area contributed by atoms with E-state index in [2.05, 4.69) is 0 Å². The molecule has 0 fully saturated rings. The molecular formula is C97H57F5N14. The highest BCUT2D eigenvalue weighted by atomic mass is 19.4. The second kappa shape index (κ2) is 28.9. The van der Waals surface area contributed by atoms with E-state index < -0.39 is 29.1 Å². The van der Waals surface area contributed by atoms with Gasteiger partial charge in [0.25, 0.3) is 0 Å². The Morgan fingerprint density at radius 3 is 0.638 bits per heavy atom. The van der Waals surface area contributed by atoms with Gasteiger partial charge in [0.15, 0.2) is 69.9 Å². The van der Waals surface area contributed by atoms with Crippen LogP contribution in [0.4, 0.5) is 22.0 Å². The van der Waals surface area contributed by atoms with Crippen LogP contribution in [0.1, 0.15) is 5.56 Å². The highest BCUT2D eigenvalue weighted by molar-refractivity contribution is 6.14. The molecule has 0 radical (unpaired) electrons. The fourth-order valence-corrected chi connectivity index (χ4v) is 15.1. The second-order valence-electron chi connectivity index (χ2n) is 27.8. The van der Waals surface area contributed by atoms with Crippen LogP contribution in [0.5, 0.6) is 0 Å². The summed E-state index contributed by atoms with van der Waals surface area (Å²) in [5.74, 6) is 1.63. The summed E-state index contributed by atoms with van der Waals surface area (Å²) in [6.45, 7) is 0. The third-order valence-corrected chi connectivity index (χ3v) is 20.4. The third-order valence-electron chi connectivity index (χ3n) is 20.4. The van der Waals surface area contributed by atoms with Crippen LogP contribution in [0.15, 0.2) is 346 Å². The van der Waals surface area contributed by atoms with Crippen molar-refractivity contribution in [3.63, 3.8) is 0 Å². The number of alkyl halides is 3. The molecule has 0 N–H and O–H groups in total. The number of halogens is 5. The Labute approximate surface area is 659 Å². The van der Waals surface area contributed by atoms with E-state index in [-0.39, 0.29) is 51.1 Å². The molecule has 19 heteroatoms. The van der Waals surface area contributed by atoms with Crippen LogP contribution in [0.3, 0.4) is 0 Å². The van der Waals surface area contributed by atoms with Gasteiger partial charge in [-0.2, -0.15) is 13.2 Å². The molecule has 0 bridgehead atoms. The first-order valence-corrected chi connectivity index (χ1v) is 37.3. The quantitative estimate of drug-likeness (QED) is 0.0894. The fraction of sp³-hybridized carbons (Fsp3) is 0.0103. The van der Waals surface area contributed by atoms with Gasteiger partial charge in [-0.15, -0.1) is 0 Å². The van der Waals surface area contributed by atoms with Crippen molar-refractivity contribution in [2.24, 2.45) is 0 Å². The van der Waals surface area contributed by atoms with Gasteiger partial charge >= 0.3 is 6.18 Å². The van der Waals surface area contributed by atoms with Crippen LogP contribution in [0, 0.1) is 11.6 Å². The molecule has 6 heterocycles. The molecule has 0 spiro atoms. The van der Waals surface area contributed by atoms with Crippen LogP contribution in [0.25, 0.3) is 203 Å². The molecule has 20 aromatic rings. The van der Waals surface area contributed by atoms with E-state index in [9.17, 15) is 0 Å². The van der Waals surface area contributed by atoms with Crippen molar-refractivity contribution in [2.75, 3.05) is 0 Å². The maximum atomic E-state index is 18.7. The summed E-state index contributed by atoms with van der Waals surface area (Å²) in [6, 6.07) is 103. The zero-order valence-electron chi connectivity index (χ0n) is 61.1. The average molecular weight is 1510 g/mol. The summed E-state index contributed by atoms with van der Waals surface area (Å²) in [5, 5.41) is 2.07. The molecular weight excluding hydrogens is 1460 g/mol. The van der Waals surface area contributed by atoms with E-state index in [4.69, 9.17) is 59.8 Å². The average Bonchev–Trinajstić information content (AvgIpc) is 1.54. The third kappa shape index (κ3) is 13.0. The van der Waals surface area contributed by atoms with E-state index in [1.165, 1.54) is 16.7 Å². The summed E-state index contributed by atoms with van der Waals surface area (Å²) in [7, 11) is 0. The largest absolute Gasteiger partial charge is 0.420 e. The molecule has 0 aliphatic carbocycles. The van der Waals surface area contributed by atoms with Gasteiger partial charge in [-0.25, -0.2) is 68.6 Å². The standard InChI is InChI=1S/C97H57F5N14/c98-71-51-70(52-72(99)57-71)73-49-50-78(115-79-53-66(93-107-85(58-25-9-1-10-26-58)103-86(108-93)59-27-11-2-12-28-59)41-45-74(79)75-46-42-67(54-80(75)115)94-109-87(60-29-13-3-14-30-60)104-88(110-94)61-31-15-4-16-32-61)83(97(100,101)102)84(73)116-81-55-68(95-111-89(62-33-17-5-18-34-62)105-90(112-95)63-35-19-6-20-36-63)43-47-76(81)77-48-44-69(56-82(77)116)96-113-91(64-37-21-7-22-38-64)106-92(114-96)65-39-23-8-24-40-65/h1-57H. The van der Waals surface area contributed by atoms with E-state index >= 15 is 22.0 Å². The van der Waals surface area contributed by atoms with Crippen molar-refractivity contribution in [1.82, 2.24) is 68.9 Å². The predicted molar refractivity (Wildman–Crippen MR) is 444 cm³/mol. The number of aromatic nitrogens is 14. The van der Waals surface area contributed by atoms with Gasteiger partial charge in [-0.05, 0) is 48.0 Å². The molecule has 14 aromatic carbocycles. The molecule has 550 valence electrons. The molecule has 0 atom stereocenters. The van der Waals surface area contributed by atoms with E-state index in [0.29, 0.717) is 152 Å². The van der Waals surface area contributed by atoms with Crippen LogP contribution in [-0.2, 0) is 6.18 Å². The summed E-state index contributed by atoms with van der Waals surface area (Å²) in [5.41, 5.74) is 5.83. The molecule has 116 heavy (non-hydrogen) atoms. The zero-order valence-corrected chi connectivity index (χ0v) is 61.1. The van der Waals surface area contributed by atoms with Crippen LogP contribution < -0.4 is 0 Å². The Balaban J connectivity index is 0.913. The predicted octanol–water partition coefficient (Wildman–Crippen LogP) is 23.6. The molecule has 20 rings (SSSR count). The first-order chi connectivity index (χ1) is 56.9. The zero-order chi connectivity index (χ0) is 78.0. The number of rotatable bonds is 15. The van der Waals surface area contributed by atoms with Crippen molar-refractivity contribution < 1.29 is 22.0 Å². The van der Waals surface area contributed by atoms with Gasteiger partial charge in [0.1, 0.15) is 17.2 Å². The van der Waals surface area contributed by atoms with Crippen molar-refractivity contribution in [3.8, 4) is 159 Å². The molecule has 0 aliphatic heterocycles. The number of fused-ring (bicyclic) bond motifs is 6. The van der Waals surface area contributed by atoms with Gasteiger partial charge in [0.05, 0.1) is 33.4 Å².